The first-order valence-corrected chi connectivity index (χ1v) is 8.69. The van der Waals surface area contributed by atoms with E-state index in [1.165, 1.54) is 0 Å². The van der Waals surface area contributed by atoms with Crippen molar-refractivity contribution in [1.29, 1.82) is 0 Å². The summed E-state index contributed by atoms with van der Waals surface area (Å²) in [5, 5.41) is 7.03. The molecule has 0 aliphatic heterocycles. The normalized spacial score (nSPS) is 10.7. The fourth-order valence-corrected chi connectivity index (χ4v) is 2.93. The number of nitrogens with one attached hydrogen (secondary N) is 3. The molecular formula is C20H20ClN3O2. The van der Waals surface area contributed by atoms with Crippen molar-refractivity contribution >= 4 is 28.5 Å². The van der Waals surface area contributed by atoms with E-state index in [2.05, 4.69) is 15.6 Å². The maximum atomic E-state index is 12.2. The molecule has 0 saturated heterocycles. The Hall–Kier alpha value is -2.79. The van der Waals surface area contributed by atoms with E-state index in [0.29, 0.717) is 17.1 Å². The van der Waals surface area contributed by atoms with Crippen LogP contribution in [-0.4, -0.2) is 11.0 Å². The first kappa shape index (κ1) is 18.0. The highest BCUT2D eigenvalue weighted by Crippen LogP contribution is 2.17. The van der Waals surface area contributed by atoms with Gasteiger partial charge in [0.2, 0.25) is 0 Å². The van der Waals surface area contributed by atoms with E-state index in [1.807, 2.05) is 44.2 Å². The van der Waals surface area contributed by atoms with E-state index in [-0.39, 0.29) is 18.1 Å². The molecule has 3 N–H and O–H groups in total. The van der Waals surface area contributed by atoms with Crippen molar-refractivity contribution < 1.29 is 4.79 Å². The summed E-state index contributed by atoms with van der Waals surface area (Å²) >= 11 is 5.92. The maximum Gasteiger partial charge on any atom is 0.315 e. The van der Waals surface area contributed by atoms with Crippen molar-refractivity contribution in [2.24, 2.45) is 0 Å². The molecule has 2 aromatic carbocycles. The standard InChI is InChI=1S/C20H20ClN3O2/c1-12-6-15-9-16(19(25)24-18(15)7-13(12)2)11-23-20(26)22-10-14-4-3-5-17(21)8-14/h3-9H,10-11H2,1-2H3,(H,24,25)(H2,22,23,26). The first-order chi connectivity index (χ1) is 12.4. The van der Waals surface area contributed by atoms with Gasteiger partial charge in [-0.3, -0.25) is 4.79 Å². The first-order valence-electron chi connectivity index (χ1n) is 8.31. The lowest BCUT2D eigenvalue weighted by Gasteiger charge is -2.09. The zero-order chi connectivity index (χ0) is 18.7. The Kier molecular flexibility index (Phi) is 5.28. The number of carbonyl (C=O) groups excluding carboxylic acids is 1. The number of urea groups is 1. The molecule has 3 aromatic rings. The van der Waals surface area contributed by atoms with E-state index >= 15 is 0 Å². The lowest BCUT2D eigenvalue weighted by molar-refractivity contribution is 0.240. The van der Waals surface area contributed by atoms with Gasteiger partial charge in [-0.15, -0.1) is 0 Å². The predicted octanol–water partition coefficient (Wildman–Crippen LogP) is 3.80. The molecule has 3 rings (SSSR count). The minimum atomic E-state index is -0.343. The molecule has 0 aliphatic rings. The number of aryl methyl sites for hydroxylation is 2. The summed E-state index contributed by atoms with van der Waals surface area (Å²) < 4.78 is 0. The summed E-state index contributed by atoms with van der Waals surface area (Å²) in [6, 6.07) is 12.7. The number of benzene rings is 2. The second-order valence-electron chi connectivity index (χ2n) is 6.31. The molecule has 0 spiro atoms. The van der Waals surface area contributed by atoms with Crippen molar-refractivity contribution in [3.8, 4) is 0 Å². The van der Waals surface area contributed by atoms with Crippen LogP contribution in [0.15, 0.2) is 47.3 Å². The van der Waals surface area contributed by atoms with Crippen LogP contribution in [0.2, 0.25) is 5.02 Å². The number of halogens is 1. The number of amides is 2. The number of rotatable bonds is 4. The highest BCUT2D eigenvalue weighted by atomic mass is 35.5. The smallest absolute Gasteiger partial charge is 0.315 e. The molecular weight excluding hydrogens is 350 g/mol. The van der Waals surface area contributed by atoms with Crippen LogP contribution < -0.4 is 16.2 Å². The quantitative estimate of drug-likeness (QED) is 0.654. The molecule has 0 bridgehead atoms. The summed E-state index contributed by atoms with van der Waals surface area (Å²) in [5.41, 5.74) is 4.30. The van der Waals surface area contributed by atoms with Gasteiger partial charge in [0.15, 0.2) is 0 Å². The van der Waals surface area contributed by atoms with Crippen LogP contribution in [0.5, 0.6) is 0 Å². The molecule has 0 radical (unpaired) electrons. The highest BCUT2D eigenvalue weighted by Gasteiger charge is 2.07. The Bertz CT molecular complexity index is 1030. The minimum Gasteiger partial charge on any atom is -0.334 e. The monoisotopic (exact) mass is 369 g/mol. The zero-order valence-corrected chi connectivity index (χ0v) is 15.4. The Morgan fingerprint density at radius 2 is 1.77 bits per heavy atom. The lowest BCUT2D eigenvalue weighted by atomic mass is 10.1. The number of pyridine rings is 1. The largest absolute Gasteiger partial charge is 0.334 e. The van der Waals surface area contributed by atoms with E-state index in [4.69, 9.17) is 11.6 Å². The number of hydrogen-bond acceptors (Lipinski definition) is 2. The zero-order valence-electron chi connectivity index (χ0n) is 14.7. The molecule has 2 amide bonds. The van der Waals surface area contributed by atoms with Crippen LogP contribution in [0.3, 0.4) is 0 Å². The number of carbonyl (C=O) groups is 1. The molecule has 0 saturated carbocycles. The maximum absolute atomic E-state index is 12.2. The highest BCUT2D eigenvalue weighted by molar-refractivity contribution is 6.30. The number of hydrogen-bond donors (Lipinski definition) is 3. The molecule has 0 fully saturated rings. The summed E-state index contributed by atoms with van der Waals surface area (Å²) in [6.07, 6.45) is 0. The van der Waals surface area contributed by atoms with Crippen molar-refractivity contribution in [2.45, 2.75) is 26.9 Å². The van der Waals surface area contributed by atoms with Crippen LogP contribution in [0, 0.1) is 13.8 Å². The second-order valence-corrected chi connectivity index (χ2v) is 6.75. The van der Waals surface area contributed by atoms with Crippen molar-refractivity contribution in [1.82, 2.24) is 15.6 Å². The SMILES string of the molecule is Cc1cc2cc(CNC(=O)NCc3cccc(Cl)c3)c(=O)[nH]c2cc1C. The van der Waals surface area contributed by atoms with E-state index in [9.17, 15) is 9.59 Å². The second kappa shape index (κ2) is 7.62. The van der Waals surface area contributed by atoms with E-state index in [0.717, 1.165) is 27.6 Å². The fourth-order valence-electron chi connectivity index (χ4n) is 2.72. The number of fused-ring (bicyclic) bond motifs is 1. The molecule has 134 valence electrons. The van der Waals surface area contributed by atoms with Gasteiger partial charge in [-0.2, -0.15) is 0 Å². The van der Waals surface area contributed by atoms with Crippen molar-refractivity contribution in [3.05, 3.63) is 80.1 Å². The molecule has 1 heterocycles. The molecule has 1 aromatic heterocycles. The molecule has 5 nitrogen and oxygen atoms in total. The minimum absolute atomic E-state index is 0.152. The van der Waals surface area contributed by atoms with Crippen LogP contribution >= 0.6 is 11.6 Å². The Morgan fingerprint density at radius 3 is 2.54 bits per heavy atom. The van der Waals surface area contributed by atoms with Gasteiger partial charge in [0.05, 0.1) is 0 Å². The van der Waals surface area contributed by atoms with Crippen molar-refractivity contribution in [3.63, 3.8) is 0 Å². The van der Waals surface area contributed by atoms with Gasteiger partial charge in [-0.05, 0) is 66.3 Å². The molecule has 0 unspecified atom stereocenters. The third-order valence-electron chi connectivity index (χ3n) is 4.32. The fraction of sp³-hybridized carbons (Fsp3) is 0.200. The average molecular weight is 370 g/mol. The van der Waals surface area contributed by atoms with Gasteiger partial charge >= 0.3 is 6.03 Å². The van der Waals surface area contributed by atoms with Crippen molar-refractivity contribution in [2.75, 3.05) is 0 Å². The molecule has 26 heavy (non-hydrogen) atoms. The lowest BCUT2D eigenvalue weighted by Crippen LogP contribution is -2.35. The summed E-state index contributed by atoms with van der Waals surface area (Å²) in [5.74, 6) is 0. The average Bonchev–Trinajstić information content (AvgIpc) is 2.60. The molecule has 0 atom stereocenters. The van der Waals surface area contributed by atoms with Gasteiger partial charge in [0, 0.05) is 29.2 Å². The Labute approximate surface area is 156 Å². The van der Waals surface area contributed by atoms with Gasteiger partial charge in [-0.25, -0.2) is 4.79 Å². The van der Waals surface area contributed by atoms with Crippen LogP contribution in [0.25, 0.3) is 10.9 Å². The summed E-state index contributed by atoms with van der Waals surface area (Å²) in [7, 11) is 0. The van der Waals surface area contributed by atoms with E-state index in [1.54, 1.807) is 12.1 Å². The molecule has 0 aliphatic carbocycles. The molecule has 6 heteroatoms. The third kappa shape index (κ3) is 4.24. The third-order valence-corrected chi connectivity index (χ3v) is 4.55. The number of aromatic nitrogens is 1. The van der Waals surface area contributed by atoms with E-state index < -0.39 is 0 Å². The number of H-pyrrole nitrogens is 1. The van der Waals surface area contributed by atoms with Gasteiger partial charge in [-0.1, -0.05) is 23.7 Å². The predicted molar refractivity (Wildman–Crippen MR) is 105 cm³/mol. The van der Waals surface area contributed by atoms with Crippen LogP contribution in [-0.2, 0) is 13.1 Å². The van der Waals surface area contributed by atoms with Crippen LogP contribution in [0.4, 0.5) is 4.79 Å². The Morgan fingerprint density at radius 1 is 1.04 bits per heavy atom. The topological polar surface area (TPSA) is 74.0 Å². The Balaban J connectivity index is 1.65. The van der Waals surface area contributed by atoms with Gasteiger partial charge < -0.3 is 15.6 Å². The summed E-state index contributed by atoms with van der Waals surface area (Å²) in [4.78, 5) is 27.1. The van der Waals surface area contributed by atoms with Gasteiger partial charge in [0.1, 0.15) is 0 Å². The van der Waals surface area contributed by atoms with Crippen LogP contribution in [0.1, 0.15) is 22.3 Å². The van der Waals surface area contributed by atoms with Gasteiger partial charge in [0.25, 0.3) is 5.56 Å². The number of aromatic amines is 1. The summed E-state index contributed by atoms with van der Waals surface area (Å²) in [6.45, 7) is 4.55.